The molecule has 1 amide bonds. The van der Waals surface area contributed by atoms with E-state index in [1.165, 1.54) is 18.2 Å². The van der Waals surface area contributed by atoms with Crippen LogP contribution in [0.2, 0.25) is 5.02 Å². The van der Waals surface area contributed by atoms with Crippen molar-refractivity contribution < 1.29 is 27.9 Å². The van der Waals surface area contributed by atoms with E-state index in [4.69, 9.17) is 16.0 Å². The number of benzene rings is 3. The smallest absolute Gasteiger partial charge is 0.335 e. The molecule has 1 aromatic heterocycles. The largest absolute Gasteiger partial charge is 0.478 e. The van der Waals surface area contributed by atoms with Crippen LogP contribution in [-0.2, 0) is 4.79 Å². The van der Waals surface area contributed by atoms with Gasteiger partial charge in [0.2, 0.25) is 5.96 Å². The van der Waals surface area contributed by atoms with Gasteiger partial charge in [0.1, 0.15) is 23.2 Å². The number of fused-ring (bicyclic) bond motifs is 1. The lowest BCUT2D eigenvalue weighted by molar-refractivity contribution is -0.113. The van der Waals surface area contributed by atoms with Crippen molar-refractivity contribution in [3.63, 3.8) is 0 Å². The van der Waals surface area contributed by atoms with Gasteiger partial charge in [0, 0.05) is 22.3 Å². The van der Waals surface area contributed by atoms with E-state index >= 15 is 0 Å². The molecule has 1 aliphatic rings. The Bertz CT molecular complexity index is 1670. The van der Waals surface area contributed by atoms with Gasteiger partial charge in [0.25, 0.3) is 5.91 Å². The van der Waals surface area contributed by atoms with Gasteiger partial charge in [-0.25, -0.2) is 18.6 Å². The SMILES string of the molecule is CC1=C(C(=O)Nc2cc(C(=O)O)ccc2F)C(c2ccccc2Cl)N=C(Nc2nc3ccc(F)cc3o2)N1. The van der Waals surface area contributed by atoms with E-state index in [0.29, 0.717) is 21.8 Å². The van der Waals surface area contributed by atoms with Gasteiger partial charge in [-0.05, 0) is 43.3 Å². The molecule has 3 aromatic carbocycles. The number of aliphatic imine (C=N–C) groups is 1. The van der Waals surface area contributed by atoms with Crippen molar-refractivity contribution in [2.24, 2.45) is 4.99 Å². The zero-order chi connectivity index (χ0) is 27.0. The monoisotopic (exact) mass is 537 g/mol. The Morgan fingerprint density at radius 1 is 1.11 bits per heavy atom. The molecule has 0 radical (unpaired) electrons. The Kier molecular flexibility index (Phi) is 6.52. The highest BCUT2D eigenvalue weighted by Crippen LogP contribution is 2.35. The Hall–Kier alpha value is -4.77. The third-order valence-corrected chi connectivity index (χ3v) is 6.07. The summed E-state index contributed by atoms with van der Waals surface area (Å²) >= 11 is 6.44. The number of carboxylic acid groups (broad SMARTS) is 1. The second-order valence-electron chi connectivity index (χ2n) is 8.28. The molecule has 38 heavy (non-hydrogen) atoms. The second kappa shape index (κ2) is 9.94. The van der Waals surface area contributed by atoms with E-state index in [0.717, 1.165) is 18.2 Å². The molecule has 4 aromatic rings. The number of allylic oxidation sites excluding steroid dienone is 1. The predicted molar refractivity (Wildman–Crippen MR) is 137 cm³/mol. The van der Waals surface area contributed by atoms with Gasteiger partial charge in [0.15, 0.2) is 5.58 Å². The molecular formula is C26H18ClF2N5O4. The van der Waals surface area contributed by atoms with E-state index < -0.39 is 29.6 Å². The number of carboxylic acids is 1. The summed E-state index contributed by atoms with van der Waals surface area (Å²) in [5.41, 5.74) is 1.10. The maximum atomic E-state index is 14.4. The lowest BCUT2D eigenvalue weighted by Crippen LogP contribution is -2.37. The summed E-state index contributed by atoms with van der Waals surface area (Å²) in [5.74, 6) is -3.12. The maximum Gasteiger partial charge on any atom is 0.335 e. The van der Waals surface area contributed by atoms with E-state index in [2.05, 4.69) is 25.9 Å². The highest BCUT2D eigenvalue weighted by Gasteiger charge is 2.31. The van der Waals surface area contributed by atoms with Crippen molar-refractivity contribution in [2.75, 3.05) is 10.6 Å². The van der Waals surface area contributed by atoms with Crippen molar-refractivity contribution in [1.82, 2.24) is 10.3 Å². The van der Waals surface area contributed by atoms with Crippen LogP contribution in [0.1, 0.15) is 28.9 Å². The minimum Gasteiger partial charge on any atom is -0.478 e. The predicted octanol–water partition coefficient (Wildman–Crippen LogP) is 5.48. The number of nitrogens with one attached hydrogen (secondary N) is 3. The number of anilines is 2. The summed E-state index contributed by atoms with van der Waals surface area (Å²) < 4.78 is 33.5. The molecule has 0 aliphatic carbocycles. The summed E-state index contributed by atoms with van der Waals surface area (Å²) in [6.07, 6.45) is 0. The Balaban J connectivity index is 1.50. The number of hydrogen-bond donors (Lipinski definition) is 4. The number of hydrogen-bond acceptors (Lipinski definition) is 7. The Morgan fingerprint density at radius 3 is 2.66 bits per heavy atom. The van der Waals surface area contributed by atoms with Gasteiger partial charge < -0.3 is 20.2 Å². The first kappa shape index (κ1) is 24.9. The fraction of sp³-hybridized carbons (Fsp3) is 0.0769. The summed E-state index contributed by atoms with van der Waals surface area (Å²) in [6.45, 7) is 1.61. The Morgan fingerprint density at radius 2 is 1.89 bits per heavy atom. The van der Waals surface area contributed by atoms with Crippen LogP contribution in [0, 0.1) is 11.6 Å². The average molecular weight is 538 g/mol. The van der Waals surface area contributed by atoms with Gasteiger partial charge in [-0.15, -0.1) is 0 Å². The molecule has 0 spiro atoms. The number of nitrogens with zero attached hydrogens (tertiary/aromatic N) is 2. The van der Waals surface area contributed by atoms with Gasteiger partial charge in [-0.3, -0.25) is 10.1 Å². The fourth-order valence-electron chi connectivity index (χ4n) is 3.95. The third kappa shape index (κ3) is 4.91. The van der Waals surface area contributed by atoms with Gasteiger partial charge in [-0.2, -0.15) is 4.98 Å². The highest BCUT2D eigenvalue weighted by molar-refractivity contribution is 6.31. The summed E-state index contributed by atoms with van der Waals surface area (Å²) in [5, 5.41) is 17.8. The first-order chi connectivity index (χ1) is 18.2. The molecule has 0 saturated carbocycles. The van der Waals surface area contributed by atoms with Crippen LogP contribution >= 0.6 is 11.6 Å². The molecule has 4 N–H and O–H groups in total. The molecule has 9 nitrogen and oxygen atoms in total. The number of rotatable bonds is 5. The van der Waals surface area contributed by atoms with Gasteiger partial charge in [-0.1, -0.05) is 29.8 Å². The molecular weight excluding hydrogens is 520 g/mol. The van der Waals surface area contributed by atoms with Crippen LogP contribution in [-0.4, -0.2) is 27.9 Å². The lowest BCUT2D eigenvalue weighted by Gasteiger charge is -2.27. The average Bonchev–Trinajstić information content (AvgIpc) is 3.26. The molecule has 192 valence electrons. The number of aromatic nitrogens is 1. The number of carbonyl (C=O) groups excluding carboxylic acids is 1. The van der Waals surface area contributed by atoms with Gasteiger partial charge >= 0.3 is 12.0 Å². The number of guanidine groups is 1. The first-order valence-electron chi connectivity index (χ1n) is 11.2. The van der Waals surface area contributed by atoms with Crippen molar-refractivity contribution in [3.8, 4) is 0 Å². The number of amides is 1. The molecule has 0 bridgehead atoms. The summed E-state index contributed by atoms with van der Waals surface area (Å²) in [6, 6.07) is 12.8. The maximum absolute atomic E-state index is 14.4. The second-order valence-corrected chi connectivity index (χ2v) is 8.68. The van der Waals surface area contributed by atoms with Crippen LogP contribution < -0.4 is 16.0 Å². The van der Waals surface area contributed by atoms with Crippen LogP contribution in [0.3, 0.4) is 0 Å². The minimum atomic E-state index is -1.27. The number of carbonyl (C=O) groups is 2. The third-order valence-electron chi connectivity index (χ3n) is 5.72. The standard InChI is InChI=1S/C26H18ClF2N5O4/c1-12-21(23(35)31-19-10-13(24(36)37)6-8-17(19)29)22(15-4-2-3-5-16(15)27)33-25(30-12)34-26-32-18-9-7-14(28)11-20(18)38-26/h2-11,22H,1H3,(H,31,35)(H,36,37)(H2,30,32,33,34). The molecule has 1 aliphatic heterocycles. The number of aromatic carboxylic acids is 1. The van der Waals surface area contributed by atoms with Crippen molar-refractivity contribution in [1.29, 1.82) is 0 Å². The zero-order valence-electron chi connectivity index (χ0n) is 19.6. The minimum absolute atomic E-state index is 0.0306. The fourth-order valence-corrected chi connectivity index (χ4v) is 4.19. The quantitative estimate of drug-likeness (QED) is 0.265. The molecule has 1 unspecified atom stereocenters. The van der Waals surface area contributed by atoms with Crippen LogP contribution in [0.4, 0.5) is 20.5 Å². The molecule has 0 fully saturated rings. The topological polar surface area (TPSA) is 129 Å². The van der Waals surface area contributed by atoms with E-state index in [1.807, 2.05) is 0 Å². The van der Waals surface area contributed by atoms with Crippen LogP contribution in [0.5, 0.6) is 0 Å². The van der Waals surface area contributed by atoms with E-state index in [1.54, 1.807) is 31.2 Å². The van der Waals surface area contributed by atoms with Crippen LogP contribution in [0.25, 0.3) is 11.1 Å². The molecule has 1 atom stereocenters. The first-order valence-corrected chi connectivity index (χ1v) is 11.5. The molecule has 0 saturated heterocycles. The Labute approximate surface area is 218 Å². The molecule has 12 heteroatoms. The molecule has 2 heterocycles. The number of halogens is 3. The number of oxazole rings is 1. The van der Waals surface area contributed by atoms with Crippen molar-refractivity contribution in [2.45, 2.75) is 13.0 Å². The van der Waals surface area contributed by atoms with Crippen molar-refractivity contribution in [3.05, 3.63) is 99.7 Å². The highest BCUT2D eigenvalue weighted by atomic mass is 35.5. The lowest BCUT2D eigenvalue weighted by atomic mass is 9.95. The zero-order valence-corrected chi connectivity index (χ0v) is 20.3. The normalized spacial score (nSPS) is 15.2. The van der Waals surface area contributed by atoms with Crippen LogP contribution in [0.15, 0.2) is 81.3 Å². The summed E-state index contributed by atoms with van der Waals surface area (Å²) in [4.78, 5) is 33.6. The van der Waals surface area contributed by atoms with E-state index in [9.17, 15) is 23.5 Å². The van der Waals surface area contributed by atoms with Gasteiger partial charge in [0.05, 0.1) is 16.8 Å². The molecule has 5 rings (SSSR count). The summed E-state index contributed by atoms with van der Waals surface area (Å²) in [7, 11) is 0. The van der Waals surface area contributed by atoms with E-state index in [-0.39, 0.29) is 34.4 Å². The van der Waals surface area contributed by atoms with Crippen molar-refractivity contribution >= 4 is 52.2 Å².